The predicted octanol–water partition coefficient (Wildman–Crippen LogP) is 1.38. The molecule has 0 spiro atoms. The van der Waals surface area contributed by atoms with Crippen molar-refractivity contribution in [1.82, 2.24) is 0 Å². The van der Waals surface area contributed by atoms with E-state index >= 15 is 0 Å². The molecule has 0 bridgehead atoms. The monoisotopic (exact) mass is 229 g/mol. The summed E-state index contributed by atoms with van der Waals surface area (Å²) in [6, 6.07) is 6.38. The van der Waals surface area contributed by atoms with Crippen LogP contribution in [0.5, 0.6) is 5.75 Å². The number of carboxylic acid groups (broad SMARTS) is 1. The highest BCUT2D eigenvalue weighted by molar-refractivity contribution is 7.37. The van der Waals surface area contributed by atoms with Crippen LogP contribution in [0.4, 0.5) is 0 Å². The maximum atomic E-state index is 10.5. The fourth-order valence-electron chi connectivity index (χ4n) is 0.992. The van der Waals surface area contributed by atoms with Crippen molar-refractivity contribution in [2.45, 2.75) is 6.16 Å². The van der Waals surface area contributed by atoms with E-state index in [1.807, 2.05) is 0 Å². The molecule has 0 radical (unpaired) electrons. The van der Waals surface area contributed by atoms with Gasteiger partial charge in [0.05, 0.1) is 0 Å². The van der Waals surface area contributed by atoms with Gasteiger partial charge in [-0.15, -0.1) is 0 Å². The first kappa shape index (κ1) is 11.6. The largest absolute Gasteiger partial charge is 0.510 e. The molecule has 1 aromatic carbocycles. The van der Waals surface area contributed by atoms with E-state index in [-0.39, 0.29) is 6.16 Å². The van der Waals surface area contributed by atoms with Gasteiger partial charge in [0.2, 0.25) is 6.16 Å². The van der Waals surface area contributed by atoms with Crippen molar-refractivity contribution >= 4 is 14.0 Å². The molecule has 15 heavy (non-hydrogen) atoms. The van der Waals surface area contributed by atoms with Gasteiger partial charge in [-0.25, -0.2) is 4.79 Å². The smallest absolute Gasteiger partial charge is 0.482 e. The molecule has 1 aromatic rings. The van der Waals surface area contributed by atoms with Crippen LogP contribution in [0.3, 0.4) is 0 Å². The molecule has 0 aliphatic rings. The highest BCUT2D eigenvalue weighted by Gasteiger charge is 2.11. The normalized spacial score (nSPS) is 10.9. The van der Waals surface area contributed by atoms with Gasteiger partial charge in [-0.05, 0) is 16.7 Å². The first-order valence-electron chi connectivity index (χ1n) is 4.15. The third kappa shape index (κ3) is 4.54. The maximum Gasteiger partial charge on any atom is 0.510 e. The lowest BCUT2D eigenvalue weighted by molar-refractivity contribution is -0.139. The van der Waals surface area contributed by atoms with Gasteiger partial charge in [-0.2, -0.15) is 4.89 Å². The second kappa shape index (κ2) is 5.44. The molecule has 6 heteroatoms. The Kier molecular flexibility index (Phi) is 4.21. The fraction of sp³-hybridized carbons (Fsp3) is 0.222. The Morgan fingerprint density at radius 1 is 1.33 bits per heavy atom. The van der Waals surface area contributed by atoms with Gasteiger partial charge in [0, 0.05) is 5.56 Å². The first-order valence-corrected chi connectivity index (χ1v) is 5.55. The highest BCUT2D eigenvalue weighted by Crippen LogP contribution is 2.22. The summed E-state index contributed by atoms with van der Waals surface area (Å²) in [5, 5.41) is 8.35. The quantitative estimate of drug-likeness (QED) is 0.745. The molecule has 0 saturated heterocycles. The Balaban J connectivity index is 2.56. The van der Waals surface area contributed by atoms with Gasteiger partial charge < -0.3 is 9.84 Å². The van der Waals surface area contributed by atoms with Crippen molar-refractivity contribution in [2.24, 2.45) is 0 Å². The van der Waals surface area contributed by atoms with E-state index in [4.69, 9.17) is 14.7 Å². The Morgan fingerprint density at radius 3 is 2.40 bits per heavy atom. The van der Waals surface area contributed by atoms with Gasteiger partial charge >= 0.3 is 14.0 Å². The summed E-state index contributed by atoms with van der Waals surface area (Å²) in [4.78, 5) is 18.8. The Hall–Kier alpha value is -1.45. The molecule has 0 fully saturated rings. The highest BCUT2D eigenvalue weighted by atomic mass is 31.1. The minimum absolute atomic E-state index is 0.0918. The molecule has 0 aromatic heterocycles. The molecule has 5 nitrogen and oxygen atoms in total. The number of aliphatic carboxylic acids is 1. The van der Waals surface area contributed by atoms with Crippen LogP contribution in [-0.4, -0.2) is 22.6 Å². The summed E-state index contributed by atoms with van der Waals surface area (Å²) < 4.78 is 15.4. The third-order valence-electron chi connectivity index (χ3n) is 1.60. The van der Waals surface area contributed by atoms with Crippen molar-refractivity contribution in [3.8, 4) is 5.75 Å². The summed E-state index contributed by atoms with van der Waals surface area (Å²) >= 11 is 0. The molecular formula is C9H10O5P+. The van der Waals surface area contributed by atoms with Gasteiger partial charge in [0.15, 0.2) is 6.61 Å². The molecular weight excluding hydrogens is 219 g/mol. The molecule has 1 unspecified atom stereocenters. The zero-order valence-electron chi connectivity index (χ0n) is 7.79. The number of hydrogen-bond acceptors (Lipinski definition) is 3. The lowest BCUT2D eigenvalue weighted by Crippen LogP contribution is -2.09. The molecule has 0 amide bonds. The van der Waals surface area contributed by atoms with Gasteiger partial charge in [0.1, 0.15) is 5.75 Å². The molecule has 0 aliphatic heterocycles. The van der Waals surface area contributed by atoms with Crippen LogP contribution in [0.15, 0.2) is 24.3 Å². The SMILES string of the molecule is O=C(O)COc1ccc(C[P+](=O)O)cc1. The average molecular weight is 229 g/mol. The van der Waals surface area contributed by atoms with E-state index in [2.05, 4.69) is 0 Å². The summed E-state index contributed by atoms with van der Waals surface area (Å²) in [7, 11) is -2.19. The number of carboxylic acids is 1. The molecule has 1 rings (SSSR count). The van der Waals surface area contributed by atoms with E-state index in [9.17, 15) is 9.36 Å². The van der Waals surface area contributed by atoms with Crippen LogP contribution in [0, 0.1) is 0 Å². The van der Waals surface area contributed by atoms with Gasteiger partial charge in [0.25, 0.3) is 0 Å². The topological polar surface area (TPSA) is 83.8 Å². The minimum Gasteiger partial charge on any atom is -0.482 e. The van der Waals surface area contributed by atoms with E-state index in [1.54, 1.807) is 24.3 Å². The maximum absolute atomic E-state index is 10.5. The zero-order valence-corrected chi connectivity index (χ0v) is 8.68. The second-order valence-corrected chi connectivity index (χ2v) is 3.86. The molecule has 80 valence electrons. The zero-order chi connectivity index (χ0) is 11.3. The van der Waals surface area contributed by atoms with Crippen molar-refractivity contribution in [2.75, 3.05) is 6.61 Å². The van der Waals surface area contributed by atoms with E-state index in [0.717, 1.165) is 0 Å². The van der Waals surface area contributed by atoms with Crippen molar-refractivity contribution in [1.29, 1.82) is 0 Å². The number of ether oxygens (including phenoxy) is 1. The number of rotatable bonds is 5. The van der Waals surface area contributed by atoms with Crippen LogP contribution >= 0.6 is 8.03 Å². The number of benzene rings is 1. The Morgan fingerprint density at radius 2 is 1.93 bits per heavy atom. The average Bonchev–Trinajstić information content (AvgIpc) is 2.16. The summed E-state index contributed by atoms with van der Waals surface area (Å²) in [5.41, 5.74) is 0.710. The van der Waals surface area contributed by atoms with E-state index < -0.39 is 20.6 Å². The molecule has 2 N–H and O–H groups in total. The van der Waals surface area contributed by atoms with Crippen molar-refractivity contribution < 1.29 is 24.1 Å². The van der Waals surface area contributed by atoms with Crippen LogP contribution in [0.25, 0.3) is 0 Å². The van der Waals surface area contributed by atoms with Crippen LogP contribution in [-0.2, 0) is 15.5 Å². The summed E-state index contributed by atoms with van der Waals surface area (Å²) in [5.74, 6) is -0.619. The Labute approximate surface area is 87.2 Å². The van der Waals surface area contributed by atoms with Gasteiger partial charge in [-0.1, -0.05) is 12.1 Å². The third-order valence-corrected chi connectivity index (χ3v) is 2.24. The lowest BCUT2D eigenvalue weighted by Gasteiger charge is -2.02. The molecule has 0 saturated carbocycles. The number of carbonyl (C=O) groups is 1. The van der Waals surface area contributed by atoms with Crippen LogP contribution in [0.1, 0.15) is 5.56 Å². The summed E-state index contributed by atoms with van der Waals surface area (Å²) in [6.45, 7) is -0.395. The van der Waals surface area contributed by atoms with Gasteiger partial charge in [-0.3, -0.25) is 0 Å². The molecule has 0 heterocycles. The summed E-state index contributed by atoms with van der Waals surface area (Å²) in [6.07, 6.45) is 0.0918. The fourth-order valence-corrected chi connectivity index (χ4v) is 1.52. The van der Waals surface area contributed by atoms with Crippen molar-refractivity contribution in [3.63, 3.8) is 0 Å². The number of hydrogen-bond donors (Lipinski definition) is 2. The second-order valence-electron chi connectivity index (χ2n) is 2.84. The molecule has 1 atom stereocenters. The van der Waals surface area contributed by atoms with Crippen molar-refractivity contribution in [3.05, 3.63) is 29.8 Å². The predicted molar refractivity (Wildman–Crippen MR) is 53.1 cm³/mol. The molecule has 0 aliphatic carbocycles. The minimum atomic E-state index is -2.19. The first-order chi connectivity index (χ1) is 7.08. The lowest BCUT2D eigenvalue weighted by atomic mass is 10.2. The van der Waals surface area contributed by atoms with E-state index in [0.29, 0.717) is 11.3 Å². The standard InChI is InChI=1S/C9H9O5P/c10-9(11)5-14-8-3-1-7(2-4-8)6-15(12)13/h1-4H,5-6H2,(H-,10,11,12,13)/p+1. The van der Waals surface area contributed by atoms with Crippen LogP contribution in [0.2, 0.25) is 0 Å². The van der Waals surface area contributed by atoms with E-state index in [1.165, 1.54) is 0 Å². The van der Waals surface area contributed by atoms with Crippen LogP contribution < -0.4 is 4.74 Å². The Bertz CT molecular complexity index is 359.